The molecule has 7 nitrogen and oxygen atoms in total. The van der Waals surface area contributed by atoms with Crippen molar-refractivity contribution >= 4 is 22.5 Å². The third-order valence-electron chi connectivity index (χ3n) is 4.63. The van der Waals surface area contributed by atoms with Gasteiger partial charge in [0, 0.05) is 11.4 Å². The zero-order valence-electron chi connectivity index (χ0n) is 16.4. The van der Waals surface area contributed by atoms with Gasteiger partial charge in [-0.05, 0) is 44.2 Å². The van der Waals surface area contributed by atoms with Gasteiger partial charge >= 0.3 is 0 Å². The largest absolute Gasteiger partial charge is 0.491 e. The quantitative estimate of drug-likeness (QED) is 0.692. The lowest BCUT2D eigenvalue weighted by Crippen LogP contribution is -2.37. The molecule has 150 valence electrons. The van der Waals surface area contributed by atoms with Gasteiger partial charge in [0.2, 0.25) is 0 Å². The van der Waals surface area contributed by atoms with Crippen LogP contribution < -0.4 is 25.3 Å². The Labute approximate surface area is 168 Å². The molecule has 7 heteroatoms. The van der Waals surface area contributed by atoms with Gasteiger partial charge in [0.1, 0.15) is 25.6 Å². The molecule has 1 atom stereocenters. The second kappa shape index (κ2) is 7.87. The average Bonchev–Trinajstić information content (AvgIpc) is 2.71. The van der Waals surface area contributed by atoms with Gasteiger partial charge < -0.3 is 25.3 Å². The van der Waals surface area contributed by atoms with E-state index in [9.17, 15) is 4.79 Å². The van der Waals surface area contributed by atoms with E-state index < -0.39 is 0 Å². The van der Waals surface area contributed by atoms with Crippen LogP contribution in [0.4, 0.5) is 5.69 Å². The Morgan fingerprint density at radius 3 is 2.90 bits per heavy atom. The smallest absolute Gasteiger partial charge is 0.255 e. The number of pyridine rings is 1. The minimum atomic E-state index is -0.238. The number of nitrogens with one attached hydrogen (secondary N) is 1. The predicted molar refractivity (Wildman–Crippen MR) is 111 cm³/mol. The highest BCUT2D eigenvalue weighted by molar-refractivity contribution is 5.98. The standard InChI is InChI=1S/C22H23N3O4/c1-13-11-16(23)20-17(24-13)6-4-7-18(20)29-12-14(2)25-22(26)15-5-3-8-19-21(15)28-10-9-27-19/h3-8,11,14H,9-10,12H2,1-2H3,(H2,23,24)(H,25,26)/t14-/m0/s1. The maximum Gasteiger partial charge on any atom is 0.255 e. The van der Waals surface area contributed by atoms with Crippen LogP contribution in [0.25, 0.3) is 10.9 Å². The Morgan fingerprint density at radius 1 is 1.24 bits per heavy atom. The summed E-state index contributed by atoms with van der Waals surface area (Å²) in [4.78, 5) is 17.2. The number of aromatic nitrogens is 1. The summed E-state index contributed by atoms with van der Waals surface area (Å²) < 4.78 is 17.1. The van der Waals surface area contributed by atoms with Crippen LogP contribution in [0.5, 0.6) is 17.2 Å². The second-order valence-corrected chi connectivity index (χ2v) is 7.02. The highest BCUT2D eigenvalue weighted by Crippen LogP contribution is 2.33. The third-order valence-corrected chi connectivity index (χ3v) is 4.63. The van der Waals surface area contributed by atoms with E-state index in [4.69, 9.17) is 19.9 Å². The van der Waals surface area contributed by atoms with E-state index in [1.54, 1.807) is 18.2 Å². The fourth-order valence-electron chi connectivity index (χ4n) is 3.35. The van der Waals surface area contributed by atoms with Crippen molar-refractivity contribution in [1.29, 1.82) is 0 Å². The van der Waals surface area contributed by atoms with Crippen molar-refractivity contribution in [1.82, 2.24) is 10.3 Å². The molecule has 1 aromatic heterocycles. The number of nitrogens with zero attached hydrogens (tertiary/aromatic N) is 1. The van der Waals surface area contributed by atoms with Crippen LogP contribution in [0.1, 0.15) is 23.0 Å². The van der Waals surface area contributed by atoms with E-state index in [1.165, 1.54) is 0 Å². The molecule has 4 rings (SSSR count). The first-order chi connectivity index (χ1) is 14.0. The van der Waals surface area contributed by atoms with Gasteiger partial charge in [-0.2, -0.15) is 0 Å². The lowest BCUT2D eigenvalue weighted by molar-refractivity contribution is 0.0916. The Bertz CT molecular complexity index is 1070. The number of para-hydroxylation sites is 1. The van der Waals surface area contributed by atoms with E-state index >= 15 is 0 Å². The van der Waals surface area contributed by atoms with Crippen molar-refractivity contribution in [2.24, 2.45) is 0 Å². The van der Waals surface area contributed by atoms with E-state index in [-0.39, 0.29) is 18.6 Å². The van der Waals surface area contributed by atoms with E-state index in [2.05, 4.69) is 10.3 Å². The summed E-state index contributed by atoms with van der Waals surface area (Å²) in [6.07, 6.45) is 0. The van der Waals surface area contributed by atoms with E-state index in [0.717, 1.165) is 16.6 Å². The number of ether oxygens (including phenoxy) is 3. The molecule has 0 saturated heterocycles. The number of hydrogen-bond acceptors (Lipinski definition) is 6. The van der Waals surface area contributed by atoms with Gasteiger partial charge in [-0.3, -0.25) is 9.78 Å². The number of anilines is 1. The first kappa shape index (κ1) is 18.9. The highest BCUT2D eigenvalue weighted by Gasteiger charge is 2.21. The zero-order chi connectivity index (χ0) is 20.4. The van der Waals surface area contributed by atoms with E-state index in [0.29, 0.717) is 41.7 Å². The molecule has 1 aliphatic rings. The number of hydrogen-bond donors (Lipinski definition) is 2. The fraction of sp³-hybridized carbons (Fsp3) is 0.273. The number of carbonyl (C=O) groups excluding carboxylic acids is 1. The predicted octanol–water partition coefficient (Wildman–Crippen LogP) is 3.09. The minimum absolute atomic E-state index is 0.238. The molecular weight excluding hydrogens is 370 g/mol. The summed E-state index contributed by atoms with van der Waals surface area (Å²) in [6, 6.07) is 12.5. The SMILES string of the molecule is Cc1cc(N)c2c(OC[C@H](C)NC(=O)c3cccc4c3OCCO4)cccc2n1. The number of nitrogen functional groups attached to an aromatic ring is 1. The van der Waals surface area contributed by atoms with Gasteiger partial charge in [0.05, 0.1) is 22.5 Å². The first-order valence-electron chi connectivity index (χ1n) is 9.51. The fourth-order valence-corrected chi connectivity index (χ4v) is 3.35. The van der Waals surface area contributed by atoms with Crippen molar-refractivity contribution in [2.75, 3.05) is 25.6 Å². The van der Waals surface area contributed by atoms with Crippen LogP contribution in [0.15, 0.2) is 42.5 Å². The molecule has 1 amide bonds. The van der Waals surface area contributed by atoms with Gasteiger partial charge in [-0.15, -0.1) is 0 Å². The normalized spacial score (nSPS) is 13.7. The summed E-state index contributed by atoms with van der Waals surface area (Å²) in [5.74, 6) is 1.47. The molecule has 0 unspecified atom stereocenters. The first-order valence-corrected chi connectivity index (χ1v) is 9.51. The maximum absolute atomic E-state index is 12.7. The lowest BCUT2D eigenvalue weighted by atomic mass is 10.1. The number of rotatable bonds is 5. The molecule has 2 aromatic carbocycles. The zero-order valence-corrected chi connectivity index (χ0v) is 16.4. The van der Waals surface area contributed by atoms with Crippen LogP contribution in [-0.2, 0) is 0 Å². The molecule has 3 aromatic rings. The highest BCUT2D eigenvalue weighted by atomic mass is 16.6. The molecule has 0 bridgehead atoms. The van der Waals surface area contributed by atoms with Crippen LogP contribution in [0.3, 0.4) is 0 Å². The number of fused-ring (bicyclic) bond motifs is 2. The molecule has 0 spiro atoms. The summed E-state index contributed by atoms with van der Waals surface area (Å²) >= 11 is 0. The van der Waals surface area contributed by atoms with Gasteiger partial charge in [-0.1, -0.05) is 12.1 Å². The van der Waals surface area contributed by atoms with Gasteiger partial charge in [-0.25, -0.2) is 0 Å². The lowest BCUT2D eigenvalue weighted by Gasteiger charge is -2.21. The summed E-state index contributed by atoms with van der Waals surface area (Å²) in [5.41, 5.74) is 8.87. The number of nitrogens with two attached hydrogens (primary N) is 1. The van der Waals surface area contributed by atoms with Crippen molar-refractivity contribution in [3.63, 3.8) is 0 Å². The molecule has 0 aliphatic carbocycles. The molecule has 0 radical (unpaired) electrons. The molecule has 0 fully saturated rings. The average molecular weight is 393 g/mol. The van der Waals surface area contributed by atoms with Crippen molar-refractivity contribution in [2.45, 2.75) is 19.9 Å². The Morgan fingerprint density at radius 2 is 2.03 bits per heavy atom. The van der Waals surface area contributed by atoms with Crippen molar-refractivity contribution in [3.8, 4) is 17.2 Å². The summed E-state index contributed by atoms with van der Waals surface area (Å²) in [7, 11) is 0. The number of aryl methyl sites for hydroxylation is 1. The minimum Gasteiger partial charge on any atom is -0.491 e. The van der Waals surface area contributed by atoms with Crippen LogP contribution in [0.2, 0.25) is 0 Å². The Kier molecular flexibility index (Phi) is 5.12. The molecule has 29 heavy (non-hydrogen) atoms. The number of carbonyl (C=O) groups is 1. The number of benzene rings is 2. The van der Waals surface area contributed by atoms with Crippen molar-refractivity contribution in [3.05, 3.63) is 53.7 Å². The van der Waals surface area contributed by atoms with Gasteiger partial charge in [0.25, 0.3) is 5.91 Å². The van der Waals surface area contributed by atoms with Crippen molar-refractivity contribution < 1.29 is 19.0 Å². The third kappa shape index (κ3) is 3.89. The Balaban J connectivity index is 1.46. The molecule has 1 aliphatic heterocycles. The second-order valence-electron chi connectivity index (χ2n) is 7.02. The molecular formula is C22H23N3O4. The summed E-state index contributed by atoms with van der Waals surface area (Å²) in [6.45, 7) is 4.96. The van der Waals surface area contributed by atoms with Crippen LogP contribution in [0, 0.1) is 6.92 Å². The molecule has 0 saturated carbocycles. The van der Waals surface area contributed by atoms with Crippen LogP contribution >= 0.6 is 0 Å². The van der Waals surface area contributed by atoms with Gasteiger partial charge in [0.15, 0.2) is 11.5 Å². The topological polar surface area (TPSA) is 95.7 Å². The van der Waals surface area contributed by atoms with Crippen LogP contribution in [-0.4, -0.2) is 36.8 Å². The van der Waals surface area contributed by atoms with E-state index in [1.807, 2.05) is 38.1 Å². The summed E-state index contributed by atoms with van der Waals surface area (Å²) in [5, 5.41) is 3.72. The molecule has 2 heterocycles. The Hall–Kier alpha value is -3.48. The number of amides is 1. The maximum atomic E-state index is 12.7. The molecule has 3 N–H and O–H groups in total. The monoisotopic (exact) mass is 393 g/mol.